The molecule has 5 rings (SSSR count). The van der Waals surface area contributed by atoms with Gasteiger partial charge in [-0.25, -0.2) is 4.79 Å². The van der Waals surface area contributed by atoms with E-state index < -0.39 is 23.3 Å². The Labute approximate surface area is 230 Å². The lowest BCUT2D eigenvalue weighted by atomic mass is 9.70. The standard InChI is InChI=1S/C31H40N2O6/c1-30(2,3)39-29(36)32-24(16-19-10-12-21(34)13-11-19)28(35)33-15-14-25-20(18-33)17-23-27(37-25)22-8-6-7-9-26(22)38-31(23,4)5/h6-13,20,23-25,27,34H,14-18H2,1-5H3,(H,32,36)/t20-,23+,24+,25+,27-/m1/s1. The van der Waals surface area contributed by atoms with E-state index in [2.05, 4.69) is 25.2 Å². The Bertz CT molecular complexity index is 1200. The van der Waals surface area contributed by atoms with Crippen molar-refractivity contribution < 1.29 is 28.9 Å². The van der Waals surface area contributed by atoms with Crippen LogP contribution < -0.4 is 10.1 Å². The summed E-state index contributed by atoms with van der Waals surface area (Å²) in [6, 6.07) is 14.0. The number of aromatic hydroxyl groups is 1. The highest BCUT2D eigenvalue weighted by Gasteiger charge is 2.51. The van der Waals surface area contributed by atoms with Crippen LogP contribution in [-0.2, 0) is 20.7 Å². The largest absolute Gasteiger partial charge is 0.508 e. The molecule has 3 heterocycles. The molecule has 0 aromatic heterocycles. The number of phenols is 1. The molecule has 2 aromatic carbocycles. The molecule has 39 heavy (non-hydrogen) atoms. The molecule has 2 N–H and O–H groups in total. The number of benzene rings is 2. The molecule has 2 fully saturated rings. The van der Waals surface area contributed by atoms with Crippen LogP contribution in [0.25, 0.3) is 0 Å². The van der Waals surface area contributed by atoms with E-state index in [0.29, 0.717) is 19.5 Å². The molecular formula is C31H40N2O6. The van der Waals surface area contributed by atoms with Crippen molar-refractivity contribution in [3.05, 3.63) is 59.7 Å². The fourth-order valence-electron chi connectivity index (χ4n) is 6.19. The monoisotopic (exact) mass is 536 g/mol. The number of amides is 2. The Kier molecular flexibility index (Phi) is 7.27. The van der Waals surface area contributed by atoms with Crippen LogP contribution in [0.1, 0.15) is 64.7 Å². The van der Waals surface area contributed by atoms with E-state index in [9.17, 15) is 14.7 Å². The van der Waals surface area contributed by atoms with Crippen molar-refractivity contribution in [1.82, 2.24) is 10.2 Å². The van der Waals surface area contributed by atoms with E-state index in [4.69, 9.17) is 14.2 Å². The van der Waals surface area contributed by atoms with Crippen molar-refractivity contribution in [3.8, 4) is 11.5 Å². The number of ether oxygens (including phenoxy) is 3. The maximum absolute atomic E-state index is 13.9. The highest BCUT2D eigenvalue weighted by atomic mass is 16.6. The summed E-state index contributed by atoms with van der Waals surface area (Å²) in [6.07, 6.45) is 1.33. The molecule has 8 heteroatoms. The van der Waals surface area contributed by atoms with Gasteiger partial charge in [-0.15, -0.1) is 0 Å². The first kappa shape index (κ1) is 27.3. The van der Waals surface area contributed by atoms with Crippen LogP contribution in [0.2, 0.25) is 0 Å². The summed E-state index contributed by atoms with van der Waals surface area (Å²) < 4.78 is 18.6. The van der Waals surface area contributed by atoms with E-state index >= 15 is 0 Å². The van der Waals surface area contributed by atoms with Gasteiger partial charge in [0.15, 0.2) is 0 Å². The number of nitrogens with one attached hydrogen (secondary N) is 1. The van der Waals surface area contributed by atoms with E-state index in [1.54, 1.807) is 45.0 Å². The summed E-state index contributed by atoms with van der Waals surface area (Å²) in [7, 11) is 0. The zero-order valence-corrected chi connectivity index (χ0v) is 23.5. The molecule has 3 aliphatic heterocycles. The number of alkyl carbamates (subject to hydrolysis) is 1. The maximum atomic E-state index is 13.9. The van der Waals surface area contributed by atoms with Gasteiger partial charge in [-0.1, -0.05) is 30.3 Å². The minimum absolute atomic E-state index is 0.0236. The van der Waals surface area contributed by atoms with Gasteiger partial charge in [0, 0.05) is 36.9 Å². The zero-order valence-electron chi connectivity index (χ0n) is 23.5. The van der Waals surface area contributed by atoms with Gasteiger partial charge in [-0.2, -0.15) is 0 Å². The number of rotatable bonds is 4. The minimum atomic E-state index is -0.792. The summed E-state index contributed by atoms with van der Waals surface area (Å²) in [6.45, 7) is 10.7. The zero-order chi connectivity index (χ0) is 27.9. The van der Waals surface area contributed by atoms with Crippen molar-refractivity contribution in [2.45, 2.75) is 83.3 Å². The van der Waals surface area contributed by atoms with Gasteiger partial charge in [0.1, 0.15) is 28.7 Å². The number of hydrogen-bond donors (Lipinski definition) is 2. The molecule has 2 aromatic rings. The Balaban J connectivity index is 1.32. The van der Waals surface area contributed by atoms with Gasteiger partial charge in [0.25, 0.3) is 0 Å². The number of carbonyl (C=O) groups is 2. The van der Waals surface area contributed by atoms with Gasteiger partial charge in [-0.3, -0.25) is 4.79 Å². The summed E-state index contributed by atoms with van der Waals surface area (Å²) in [4.78, 5) is 28.4. The van der Waals surface area contributed by atoms with Crippen LogP contribution in [0.5, 0.6) is 11.5 Å². The van der Waals surface area contributed by atoms with Crippen molar-refractivity contribution in [2.75, 3.05) is 13.1 Å². The van der Waals surface area contributed by atoms with Gasteiger partial charge in [0.2, 0.25) is 5.91 Å². The van der Waals surface area contributed by atoms with Gasteiger partial charge < -0.3 is 29.5 Å². The van der Waals surface area contributed by atoms with E-state index in [1.165, 1.54) is 0 Å². The third-order valence-electron chi connectivity index (χ3n) is 8.08. The molecule has 3 aliphatic rings. The van der Waals surface area contributed by atoms with Crippen molar-refractivity contribution in [2.24, 2.45) is 11.8 Å². The van der Waals surface area contributed by atoms with E-state index in [1.807, 2.05) is 23.1 Å². The summed E-state index contributed by atoms with van der Waals surface area (Å²) in [5.74, 6) is 1.24. The van der Waals surface area contributed by atoms with Gasteiger partial charge >= 0.3 is 6.09 Å². The van der Waals surface area contributed by atoms with Crippen molar-refractivity contribution >= 4 is 12.0 Å². The first-order valence-corrected chi connectivity index (χ1v) is 13.9. The smallest absolute Gasteiger partial charge is 0.408 e. The van der Waals surface area contributed by atoms with E-state index in [0.717, 1.165) is 29.7 Å². The first-order chi connectivity index (χ1) is 18.4. The third kappa shape index (κ3) is 6.01. The molecule has 210 valence electrons. The minimum Gasteiger partial charge on any atom is -0.508 e. The van der Waals surface area contributed by atoms with Gasteiger partial charge in [0.05, 0.1) is 12.2 Å². The van der Waals surface area contributed by atoms with Crippen LogP contribution in [0.4, 0.5) is 4.79 Å². The first-order valence-electron chi connectivity index (χ1n) is 13.9. The van der Waals surface area contributed by atoms with Crippen molar-refractivity contribution in [1.29, 1.82) is 0 Å². The molecule has 8 nitrogen and oxygen atoms in total. The lowest BCUT2D eigenvalue weighted by Gasteiger charge is -2.53. The number of nitrogens with zero attached hydrogens (tertiary/aromatic N) is 1. The fourth-order valence-corrected chi connectivity index (χ4v) is 6.19. The molecule has 0 bridgehead atoms. The summed E-state index contributed by atoms with van der Waals surface area (Å²) >= 11 is 0. The predicted octanol–water partition coefficient (Wildman–Crippen LogP) is 4.99. The second-order valence-electron chi connectivity index (χ2n) is 12.6. The maximum Gasteiger partial charge on any atom is 0.408 e. The normalized spacial score (nSPS) is 26.2. The molecule has 2 amide bonds. The lowest BCUT2D eigenvalue weighted by molar-refractivity contribution is -0.189. The molecule has 0 spiro atoms. The van der Waals surface area contributed by atoms with Gasteiger partial charge in [-0.05, 0) is 71.2 Å². The SMILES string of the molecule is CC(C)(C)OC(=O)N[C@@H](Cc1ccc(O)cc1)C(=O)N1CC[C@@H]2O[C@@H]3c4ccccc4OC(C)(C)[C@H]3C[C@@H]2C1. The number of carbonyl (C=O) groups excluding carboxylic acids is 2. The quantitative estimate of drug-likeness (QED) is 0.571. The third-order valence-corrected chi connectivity index (χ3v) is 8.08. The van der Waals surface area contributed by atoms with Crippen LogP contribution in [0.3, 0.4) is 0 Å². The molecule has 5 atom stereocenters. The topological polar surface area (TPSA) is 97.3 Å². The van der Waals surface area contributed by atoms with Crippen LogP contribution in [-0.4, -0.2) is 58.4 Å². The number of fused-ring (bicyclic) bond motifs is 4. The molecule has 2 saturated heterocycles. The van der Waals surface area contributed by atoms with E-state index in [-0.39, 0.29) is 35.7 Å². The second-order valence-corrected chi connectivity index (χ2v) is 12.6. The summed E-state index contributed by atoms with van der Waals surface area (Å²) in [5, 5.41) is 12.5. The Morgan fingerprint density at radius 1 is 1.15 bits per heavy atom. The Morgan fingerprint density at radius 3 is 2.59 bits per heavy atom. The average molecular weight is 537 g/mol. The highest BCUT2D eigenvalue weighted by molar-refractivity contribution is 5.86. The summed E-state index contributed by atoms with van der Waals surface area (Å²) in [5.41, 5.74) is 0.864. The number of likely N-dealkylation sites (tertiary alicyclic amines) is 1. The fraction of sp³-hybridized carbons (Fsp3) is 0.548. The predicted molar refractivity (Wildman–Crippen MR) is 147 cm³/mol. The average Bonchev–Trinajstić information content (AvgIpc) is 2.86. The lowest BCUT2D eigenvalue weighted by Crippen LogP contribution is -2.58. The Morgan fingerprint density at radius 2 is 1.87 bits per heavy atom. The second kappa shape index (κ2) is 10.4. The highest BCUT2D eigenvalue weighted by Crippen LogP contribution is 2.52. The number of para-hydroxylation sites is 1. The van der Waals surface area contributed by atoms with Crippen molar-refractivity contribution in [3.63, 3.8) is 0 Å². The Hall–Kier alpha value is -3.26. The molecular weight excluding hydrogens is 496 g/mol. The molecule has 0 saturated carbocycles. The van der Waals surface area contributed by atoms with Crippen LogP contribution in [0.15, 0.2) is 48.5 Å². The van der Waals surface area contributed by atoms with Crippen LogP contribution in [0, 0.1) is 11.8 Å². The molecule has 0 unspecified atom stereocenters. The number of phenolic OH excluding ortho intramolecular Hbond substituents is 1. The van der Waals surface area contributed by atoms with Crippen LogP contribution >= 0.6 is 0 Å². The number of hydrogen-bond acceptors (Lipinski definition) is 6. The number of piperidine rings is 1. The molecule has 0 radical (unpaired) electrons. The molecule has 0 aliphatic carbocycles.